The van der Waals surface area contributed by atoms with Gasteiger partial charge in [-0.3, -0.25) is 19.7 Å². The van der Waals surface area contributed by atoms with Crippen LogP contribution in [0.4, 0.5) is 11.4 Å². The first-order chi connectivity index (χ1) is 14.3. The van der Waals surface area contributed by atoms with Crippen molar-refractivity contribution in [1.29, 1.82) is 0 Å². The molecule has 9 heteroatoms. The number of hydrogen-bond donors (Lipinski definition) is 1. The first kappa shape index (κ1) is 21.8. The standard InChI is InChI=1S/C21H14Cl2N2O4S/c22-18-9-6-14(10-19(18)23)20(26)12-30-17-3-1-2-15(11-17)24-21(27)13-4-7-16(8-5-13)25(28)29/h1-11H,12H2,(H,24,27). The highest BCUT2D eigenvalue weighted by Gasteiger charge is 2.12. The van der Waals surface area contributed by atoms with Crippen LogP contribution in [0.5, 0.6) is 0 Å². The zero-order chi connectivity index (χ0) is 21.7. The largest absolute Gasteiger partial charge is 0.322 e. The van der Waals surface area contributed by atoms with Gasteiger partial charge in [-0.25, -0.2) is 0 Å². The van der Waals surface area contributed by atoms with Gasteiger partial charge in [-0.2, -0.15) is 0 Å². The highest BCUT2D eigenvalue weighted by atomic mass is 35.5. The molecule has 1 N–H and O–H groups in total. The molecule has 0 unspecified atom stereocenters. The van der Waals surface area contributed by atoms with E-state index in [9.17, 15) is 19.7 Å². The van der Waals surface area contributed by atoms with Crippen LogP contribution in [0.2, 0.25) is 10.0 Å². The Morgan fingerprint density at radius 1 is 0.933 bits per heavy atom. The number of nitro groups is 1. The number of carbonyl (C=O) groups is 2. The number of rotatable bonds is 7. The van der Waals surface area contributed by atoms with Crippen LogP contribution in [-0.2, 0) is 0 Å². The molecule has 0 saturated carbocycles. The van der Waals surface area contributed by atoms with E-state index in [1.54, 1.807) is 30.3 Å². The van der Waals surface area contributed by atoms with Crippen LogP contribution >= 0.6 is 35.0 Å². The Bertz CT molecular complexity index is 1120. The topological polar surface area (TPSA) is 89.3 Å². The average molecular weight is 461 g/mol. The second-order valence-electron chi connectivity index (χ2n) is 6.13. The lowest BCUT2D eigenvalue weighted by Gasteiger charge is -2.08. The van der Waals surface area contributed by atoms with Gasteiger partial charge < -0.3 is 5.32 Å². The van der Waals surface area contributed by atoms with Gasteiger partial charge in [0.25, 0.3) is 11.6 Å². The third-order valence-corrected chi connectivity index (χ3v) is 5.78. The molecular formula is C21H14Cl2N2O4S. The Kier molecular flexibility index (Phi) is 7.10. The van der Waals surface area contributed by atoms with Crippen molar-refractivity contribution >= 4 is 58.0 Å². The van der Waals surface area contributed by atoms with Gasteiger partial charge in [-0.05, 0) is 48.5 Å². The number of amides is 1. The normalized spacial score (nSPS) is 10.5. The van der Waals surface area contributed by atoms with Crippen LogP contribution in [0.1, 0.15) is 20.7 Å². The molecule has 0 spiro atoms. The van der Waals surface area contributed by atoms with E-state index in [1.165, 1.54) is 42.1 Å². The minimum atomic E-state index is -0.526. The Morgan fingerprint density at radius 2 is 1.63 bits per heavy atom. The van der Waals surface area contributed by atoms with E-state index in [0.29, 0.717) is 26.9 Å². The molecule has 0 aliphatic rings. The van der Waals surface area contributed by atoms with Crippen molar-refractivity contribution in [2.75, 3.05) is 11.1 Å². The van der Waals surface area contributed by atoms with Crippen molar-refractivity contribution in [3.63, 3.8) is 0 Å². The van der Waals surface area contributed by atoms with Gasteiger partial charge in [0.2, 0.25) is 0 Å². The number of hydrogen-bond acceptors (Lipinski definition) is 5. The number of anilines is 1. The molecule has 3 aromatic carbocycles. The van der Waals surface area contributed by atoms with E-state index in [0.717, 1.165) is 4.90 Å². The van der Waals surface area contributed by atoms with Crippen molar-refractivity contribution in [3.05, 3.63) is 98.0 Å². The van der Waals surface area contributed by atoms with Gasteiger partial charge in [0.05, 0.1) is 20.7 Å². The summed E-state index contributed by atoms with van der Waals surface area (Å²) in [6.45, 7) is 0. The van der Waals surface area contributed by atoms with E-state index in [-0.39, 0.29) is 23.1 Å². The summed E-state index contributed by atoms with van der Waals surface area (Å²) in [5.74, 6) is -0.296. The highest BCUT2D eigenvalue weighted by molar-refractivity contribution is 8.00. The minimum Gasteiger partial charge on any atom is -0.322 e. The summed E-state index contributed by atoms with van der Waals surface area (Å²) >= 11 is 13.1. The molecule has 0 atom stereocenters. The number of benzene rings is 3. The maximum atomic E-state index is 12.4. The number of Topliss-reactive ketones (excluding diaryl/α,β-unsaturated/α-hetero) is 1. The predicted octanol–water partition coefficient (Wildman–Crippen LogP) is 6.13. The lowest BCUT2D eigenvalue weighted by Crippen LogP contribution is -2.11. The molecule has 6 nitrogen and oxygen atoms in total. The number of halogens is 2. The second kappa shape index (κ2) is 9.75. The van der Waals surface area contributed by atoms with Gasteiger partial charge in [0.15, 0.2) is 5.78 Å². The zero-order valence-corrected chi connectivity index (χ0v) is 17.6. The lowest BCUT2D eigenvalue weighted by molar-refractivity contribution is -0.384. The van der Waals surface area contributed by atoms with Gasteiger partial charge in [-0.1, -0.05) is 29.3 Å². The van der Waals surface area contributed by atoms with E-state index in [1.807, 2.05) is 6.07 Å². The van der Waals surface area contributed by atoms with Crippen LogP contribution in [0, 0.1) is 10.1 Å². The Morgan fingerprint density at radius 3 is 2.30 bits per heavy atom. The molecule has 0 aliphatic heterocycles. The summed E-state index contributed by atoms with van der Waals surface area (Å²) < 4.78 is 0. The molecule has 0 radical (unpaired) electrons. The van der Waals surface area contributed by atoms with E-state index < -0.39 is 4.92 Å². The summed E-state index contributed by atoms with van der Waals surface area (Å²) in [5, 5.41) is 14.2. The van der Waals surface area contributed by atoms with Crippen molar-refractivity contribution in [2.24, 2.45) is 0 Å². The van der Waals surface area contributed by atoms with E-state index in [4.69, 9.17) is 23.2 Å². The molecule has 30 heavy (non-hydrogen) atoms. The Labute approximate surface area is 186 Å². The highest BCUT2D eigenvalue weighted by Crippen LogP contribution is 2.26. The predicted molar refractivity (Wildman–Crippen MR) is 119 cm³/mol. The van der Waals surface area contributed by atoms with Gasteiger partial charge in [0.1, 0.15) is 0 Å². The number of thioether (sulfide) groups is 1. The van der Waals surface area contributed by atoms with Gasteiger partial charge >= 0.3 is 0 Å². The second-order valence-corrected chi connectivity index (χ2v) is 7.99. The number of nitro benzene ring substituents is 1. The van der Waals surface area contributed by atoms with Gasteiger partial charge in [-0.15, -0.1) is 11.8 Å². The average Bonchev–Trinajstić information content (AvgIpc) is 2.74. The minimum absolute atomic E-state index is 0.0865. The van der Waals surface area contributed by atoms with Crippen molar-refractivity contribution in [1.82, 2.24) is 0 Å². The summed E-state index contributed by atoms with van der Waals surface area (Å²) in [5.41, 5.74) is 1.23. The maximum Gasteiger partial charge on any atom is 0.269 e. The molecule has 0 fully saturated rings. The summed E-state index contributed by atoms with van der Waals surface area (Å²) in [6.07, 6.45) is 0. The molecule has 1 amide bonds. The van der Waals surface area contributed by atoms with Crippen LogP contribution in [0.25, 0.3) is 0 Å². The number of nitrogens with zero attached hydrogens (tertiary/aromatic N) is 1. The van der Waals surface area contributed by atoms with E-state index >= 15 is 0 Å². The third-order valence-electron chi connectivity index (χ3n) is 4.04. The maximum absolute atomic E-state index is 12.4. The summed E-state index contributed by atoms with van der Waals surface area (Å²) in [7, 11) is 0. The fraction of sp³-hybridized carbons (Fsp3) is 0.0476. The molecule has 0 aromatic heterocycles. The molecular weight excluding hydrogens is 447 g/mol. The first-order valence-electron chi connectivity index (χ1n) is 8.60. The van der Waals surface area contributed by atoms with Gasteiger partial charge in [0, 0.05) is 33.8 Å². The molecule has 3 rings (SSSR count). The van der Waals surface area contributed by atoms with Crippen molar-refractivity contribution in [3.8, 4) is 0 Å². The number of nitrogens with one attached hydrogen (secondary N) is 1. The molecule has 0 bridgehead atoms. The number of carbonyl (C=O) groups excluding carboxylic acids is 2. The smallest absolute Gasteiger partial charge is 0.269 e. The Balaban J connectivity index is 1.62. The molecule has 3 aromatic rings. The third kappa shape index (κ3) is 5.60. The van der Waals surface area contributed by atoms with Crippen molar-refractivity contribution in [2.45, 2.75) is 4.90 Å². The zero-order valence-electron chi connectivity index (χ0n) is 15.3. The Hall–Kier alpha value is -2.87. The van der Waals surface area contributed by atoms with Crippen molar-refractivity contribution < 1.29 is 14.5 Å². The monoisotopic (exact) mass is 460 g/mol. The molecule has 0 saturated heterocycles. The van der Waals surface area contributed by atoms with Crippen LogP contribution in [0.15, 0.2) is 71.6 Å². The quantitative estimate of drug-likeness (QED) is 0.198. The molecule has 152 valence electrons. The van der Waals surface area contributed by atoms with Crippen LogP contribution < -0.4 is 5.32 Å². The van der Waals surface area contributed by atoms with E-state index in [2.05, 4.69) is 5.32 Å². The SMILES string of the molecule is O=C(CSc1cccc(NC(=O)c2ccc([N+](=O)[O-])cc2)c1)c1ccc(Cl)c(Cl)c1. The number of ketones is 1. The number of non-ortho nitro benzene ring substituents is 1. The molecule has 0 heterocycles. The lowest BCUT2D eigenvalue weighted by atomic mass is 10.1. The first-order valence-corrected chi connectivity index (χ1v) is 10.3. The summed E-state index contributed by atoms with van der Waals surface area (Å²) in [6, 6.07) is 17.1. The van der Waals surface area contributed by atoms with Crippen LogP contribution in [-0.4, -0.2) is 22.4 Å². The fourth-order valence-electron chi connectivity index (χ4n) is 2.50. The summed E-state index contributed by atoms with van der Waals surface area (Å²) in [4.78, 5) is 35.7. The fourth-order valence-corrected chi connectivity index (χ4v) is 3.65. The molecule has 0 aliphatic carbocycles. The van der Waals surface area contributed by atoms with Crippen LogP contribution in [0.3, 0.4) is 0 Å².